The van der Waals surface area contributed by atoms with Gasteiger partial charge in [0.1, 0.15) is 5.75 Å². The highest BCUT2D eigenvalue weighted by atomic mass is 16.5. The van der Waals surface area contributed by atoms with E-state index in [1.165, 1.54) is 5.56 Å². The van der Waals surface area contributed by atoms with Crippen molar-refractivity contribution in [3.05, 3.63) is 64.7 Å². The molecular formula is C21H26O3. The topological polar surface area (TPSA) is 46.5 Å². The van der Waals surface area contributed by atoms with Crippen LogP contribution in [0, 0.1) is 6.92 Å². The Morgan fingerprint density at radius 1 is 1.08 bits per heavy atom. The second-order valence-electron chi connectivity index (χ2n) is 6.13. The molecule has 1 unspecified atom stereocenters. The summed E-state index contributed by atoms with van der Waals surface area (Å²) in [6.07, 6.45) is 2.43. The number of aliphatic carboxylic acids is 1. The summed E-state index contributed by atoms with van der Waals surface area (Å²) in [6.45, 7) is 6.79. The molecule has 1 atom stereocenters. The van der Waals surface area contributed by atoms with E-state index in [4.69, 9.17) is 4.74 Å². The van der Waals surface area contributed by atoms with Gasteiger partial charge in [-0.1, -0.05) is 44.2 Å². The van der Waals surface area contributed by atoms with Crippen molar-refractivity contribution in [2.45, 2.75) is 46.0 Å². The molecule has 3 nitrogen and oxygen atoms in total. The number of ether oxygens (including phenoxy) is 1. The number of benzene rings is 2. The second kappa shape index (κ2) is 8.53. The molecule has 0 radical (unpaired) electrons. The summed E-state index contributed by atoms with van der Waals surface area (Å²) in [5, 5.41) is 9.69. The lowest BCUT2D eigenvalue weighted by Gasteiger charge is -2.17. The van der Waals surface area contributed by atoms with Gasteiger partial charge in [-0.25, -0.2) is 0 Å². The van der Waals surface area contributed by atoms with Crippen LogP contribution < -0.4 is 4.74 Å². The maximum atomic E-state index is 11.8. The molecule has 2 rings (SSSR count). The fourth-order valence-electron chi connectivity index (χ4n) is 2.83. The molecule has 0 aromatic heterocycles. The molecule has 0 bridgehead atoms. The quantitative estimate of drug-likeness (QED) is 0.761. The molecule has 0 aliphatic rings. The molecule has 2 aromatic rings. The molecule has 0 aliphatic heterocycles. The van der Waals surface area contributed by atoms with Gasteiger partial charge in [-0.15, -0.1) is 0 Å². The molecule has 0 heterocycles. The van der Waals surface area contributed by atoms with Gasteiger partial charge < -0.3 is 9.84 Å². The zero-order valence-electron chi connectivity index (χ0n) is 14.7. The molecule has 24 heavy (non-hydrogen) atoms. The third kappa shape index (κ3) is 4.60. The standard InChI is InChI=1S/C21H26O3/c1-4-12-24-18-10-11-19(15(3)13-18)20(21(22)23)14-17-8-6-16(5-2)7-9-17/h6-11,13,20H,4-5,12,14H2,1-3H3,(H,22,23). The van der Waals surface area contributed by atoms with Gasteiger partial charge in [0, 0.05) is 0 Å². The van der Waals surface area contributed by atoms with E-state index in [2.05, 4.69) is 26.0 Å². The largest absolute Gasteiger partial charge is 0.494 e. The molecule has 0 spiro atoms. The van der Waals surface area contributed by atoms with Crippen LogP contribution in [0.5, 0.6) is 5.75 Å². The van der Waals surface area contributed by atoms with Gasteiger partial charge in [-0.3, -0.25) is 4.79 Å². The number of rotatable bonds is 8. The first kappa shape index (κ1) is 18.1. The van der Waals surface area contributed by atoms with Crippen molar-refractivity contribution in [1.82, 2.24) is 0 Å². The van der Waals surface area contributed by atoms with Gasteiger partial charge in [0.2, 0.25) is 0 Å². The van der Waals surface area contributed by atoms with E-state index in [1.54, 1.807) is 0 Å². The summed E-state index contributed by atoms with van der Waals surface area (Å²) in [6, 6.07) is 13.9. The van der Waals surface area contributed by atoms with Crippen LogP contribution in [0.25, 0.3) is 0 Å². The highest BCUT2D eigenvalue weighted by Gasteiger charge is 2.22. The number of carboxylic acid groups (broad SMARTS) is 1. The Kier molecular flexibility index (Phi) is 6.42. The van der Waals surface area contributed by atoms with Crippen LogP contribution in [-0.2, 0) is 17.6 Å². The fourth-order valence-corrected chi connectivity index (χ4v) is 2.83. The molecule has 0 fully saturated rings. The number of carboxylic acids is 1. The van der Waals surface area contributed by atoms with E-state index in [1.807, 2.05) is 37.3 Å². The average molecular weight is 326 g/mol. The van der Waals surface area contributed by atoms with E-state index >= 15 is 0 Å². The Labute approximate surface area is 144 Å². The van der Waals surface area contributed by atoms with E-state index in [9.17, 15) is 9.90 Å². The van der Waals surface area contributed by atoms with Gasteiger partial charge in [0.05, 0.1) is 12.5 Å². The number of carbonyl (C=O) groups is 1. The summed E-state index contributed by atoms with van der Waals surface area (Å²) < 4.78 is 5.63. The molecule has 0 aliphatic carbocycles. The molecule has 0 amide bonds. The van der Waals surface area contributed by atoms with E-state index < -0.39 is 11.9 Å². The predicted octanol–water partition coefficient (Wildman–Crippen LogP) is 4.76. The highest BCUT2D eigenvalue weighted by Crippen LogP contribution is 2.27. The molecule has 128 valence electrons. The SMILES string of the molecule is CCCOc1ccc(C(Cc2ccc(CC)cc2)C(=O)O)c(C)c1. The van der Waals surface area contributed by atoms with E-state index in [0.29, 0.717) is 13.0 Å². The monoisotopic (exact) mass is 326 g/mol. The fraction of sp³-hybridized carbons (Fsp3) is 0.381. The Morgan fingerprint density at radius 3 is 2.29 bits per heavy atom. The molecule has 3 heteroatoms. The van der Waals surface area contributed by atoms with E-state index in [0.717, 1.165) is 35.3 Å². The molecule has 1 N–H and O–H groups in total. The minimum absolute atomic E-state index is 0.495. The molecule has 2 aromatic carbocycles. The molecule has 0 saturated carbocycles. The Morgan fingerprint density at radius 2 is 1.75 bits per heavy atom. The Bertz CT molecular complexity index is 674. The summed E-state index contributed by atoms with van der Waals surface area (Å²) in [4.78, 5) is 11.8. The third-order valence-electron chi connectivity index (χ3n) is 4.26. The summed E-state index contributed by atoms with van der Waals surface area (Å²) in [7, 11) is 0. The smallest absolute Gasteiger partial charge is 0.311 e. The summed E-state index contributed by atoms with van der Waals surface area (Å²) in [5.74, 6) is -0.535. The van der Waals surface area contributed by atoms with Crippen molar-refractivity contribution in [3.63, 3.8) is 0 Å². The average Bonchev–Trinajstić information content (AvgIpc) is 2.58. The normalized spacial score (nSPS) is 12.0. The second-order valence-corrected chi connectivity index (χ2v) is 6.13. The number of hydrogen-bond donors (Lipinski definition) is 1. The maximum Gasteiger partial charge on any atom is 0.311 e. The first-order valence-electron chi connectivity index (χ1n) is 8.59. The van der Waals surface area contributed by atoms with Crippen LogP contribution >= 0.6 is 0 Å². The van der Waals surface area contributed by atoms with Gasteiger partial charge in [-0.05, 0) is 60.6 Å². The van der Waals surface area contributed by atoms with E-state index in [-0.39, 0.29) is 0 Å². The first-order valence-corrected chi connectivity index (χ1v) is 8.59. The Hall–Kier alpha value is -2.29. The molecular weight excluding hydrogens is 300 g/mol. The van der Waals surface area contributed by atoms with Crippen LogP contribution in [0.2, 0.25) is 0 Å². The van der Waals surface area contributed by atoms with Crippen LogP contribution in [0.4, 0.5) is 0 Å². The predicted molar refractivity (Wildman–Crippen MR) is 96.9 cm³/mol. The lowest BCUT2D eigenvalue weighted by Crippen LogP contribution is -2.15. The maximum absolute atomic E-state index is 11.8. The minimum Gasteiger partial charge on any atom is -0.494 e. The van der Waals surface area contributed by atoms with Crippen LogP contribution in [0.15, 0.2) is 42.5 Å². The van der Waals surface area contributed by atoms with Crippen molar-refractivity contribution in [2.75, 3.05) is 6.61 Å². The van der Waals surface area contributed by atoms with Crippen LogP contribution in [-0.4, -0.2) is 17.7 Å². The number of aryl methyl sites for hydroxylation is 2. The van der Waals surface area contributed by atoms with Gasteiger partial charge >= 0.3 is 5.97 Å². The van der Waals surface area contributed by atoms with Crippen LogP contribution in [0.1, 0.15) is 48.4 Å². The first-order chi connectivity index (χ1) is 11.5. The zero-order valence-corrected chi connectivity index (χ0v) is 14.7. The summed E-state index contributed by atoms with van der Waals surface area (Å²) >= 11 is 0. The van der Waals surface area contributed by atoms with Crippen molar-refractivity contribution >= 4 is 5.97 Å². The summed E-state index contributed by atoms with van der Waals surface area (Å²) in [5.41, 5.74) is 4.12. The van der Waals surface area contributed by atoms with Gasteiger partial charge in [0.15, 0.2) is 0 Å². The van der Waals surface area contributed by atoms with Crippen LogP contribution in [0.3, 0.4) is 0 Å². The zero-order chi connectivity index (χ0) is 17.5. The van der Waals surface area contributed by atoms with Crippen molar-refractivity contribution in [1.29, 1.82) is 0 Å². The van der Waals surface area contributed by atoms with Gasteiger partial charge in [0.25, 0.3) is 0 Å². The highest BCUT2D eigenvalue weighted by molar-refractivity contribution is 5.77. The minimum atomic E-state index is -0.792. The molecule has 0 saturated heterocycles. The number of hydrogen-bond acceptors (Lipinski definition) is 2. The van der Waals surface area contributed by atoms with Crippen molar-refractivity contribution in [2.24, 2.45) is 0 Å². The third-order valence-corrected chi connectivity index (χ3v) is 4.26. The van der Waals surface area contributed by atoms with Crippen molar-refractivity contribution in [3.8, 4) is 5.75 Å². The lowest BCUT2D eigenvalue weighted by atomic mass is 9.89. The van der Waals surface area contributed by atoms with Crippen molar-refractivity contribution < 1.29 is 14.6 Å². The lowest BCUT2D eigenvalue weighted by molar-refractivity contribution is -0.138. The Balaban J connectivity index is 2.21. The van der Waals surface area contributed by atoms with Gasteiger partial charge in [-0.2, -0.15) is 0 Å².